The fraction of sp³-hybridized carbons (Fsp3) is 0.286. The molecule has 2 aromatic carbocycles. The molecule has 0 N–H and O–H groups in total. The molecule has 0 unspecified atom stereocenters. The first-order valence-corrected chi connectivity index (χ1v) is 8.48. The third-order valence-electron chi connectivity index (χ3n) is 5.28. The van der Waals surface area contributed by atoms with E-state index in [2.05, 4.69) is 24.8 Å². The van der Waals surface area contributed by atoms with Gasteiger partial charge in [0.05, 0.1) is 20.3 Å². The Balaban J connectivity index is 2.03. The Labute approximate surface area is 147 Å². The van der Waals surface area contributed by atoms with Gasteiger partial charge in [0.1, 0.15) is 0 Å². The molecule has 0 aromatic heterocycles. The van der Waals surface area contributed by atoms with Crippen molar-refractivity contribution in [2.45, 2.75) is 18.9 Å². The molecule has 4 nitrogen and oxygen atoms in total. The minimum atomic E-state index is -0.0178. The minimum absolute atomic E-state index is 0.0129. The van der Waals surface area contributed by atoms with Gasteiger partial charge in [0.25, 0.3) is 0 Å². The molecule has 0 fully saturated rings. The number of ether oxygens (including phenoxy) is 2. The van der Waals surface area contributed by atoms with Crippen molar-refractivity contribution >= 4 is 5.91 Å². The second-order valence-corrected chi connectivity index (χ2v) is 6.42. The highest BCUT2D eigenvalue weighted by Gasteiger charge is 2.38. The lowest BCUT2D eigenvalue weighted by molar-refractivity contribution is -0.128. The summed E-state index contributed by atoms with van der Waals surface area (Å²) in [6, 6.07) is 10.4. The van der Waals surface area contributed by atoms with Crippen LogP contribution in [0.1, 0.15) is 22.7 Å². The molecule has 25 heavy (non-hydrogen) atoms. The molecule has 1 aliphatic heterocycles. The summed E-state index contributed by atoms with van der Waals surface area (Å²) in [5.74, 6) is 1.47. The Morgan fingerprint density at radius 2 is 2.04 bits per heavy atom. The maximum atomic E-state index is 12.4. The van der Waals surface area contributed by atoms with Crippen molar-refractivity contribution in [2.75, 3.05) is 20.8 Å². The largest absolute Gasteiger partial charge is 0.493 e. The lowest BCUT2D eigenvalue weighted by Crippen LogP contribution is -2.41. The van der Waals surface area contributed by atoms with E-state index in [1.54, 1.807) is 14.2 Å². The van der Waals surface area contributed by atoms with Gasteiger partial charge in [-0.2, -0.15) is 0 Å². The number of hydrogen-bond donors (Lipinski definition) is 0. The molecule has 1 heterocycles. The SMILES string of the molecule is C=CC(=O)N1CCc2cc(OC)c(OC)c3c2[C@H]1Cc1ccccc1-3. The van der Waals surface area contributed by atoms with Gasteiger partial charge in [-0.1, -0.05) is 30.8 Å². The van der Waals surface area contributed by atoms with Gasteiger partial charge in [-0.05, 0) is 47.2 Å². The first-order chi connectivity index (χ1) is 12.2. The Morgan fingerprint density at radius 3 is 2.76 bits per heavy atom. The van der Waals surface area contributed by atoms with Crippen molar-refractivity contribution in [3.8, 4) is 22.6 Å². The highest BCUT2D eigenvalue weighted by molar-refractivity contribution is 5.90. The van der Waals surface area contributed by atoms with E-state index in [9.17, 15) is 4.79 Å². The fourth-order valence-corrected chi connectivity index (χ4v) is 4.21. The number of nitrogens with zero attached hydrogens (tertiary/aromatic N) is 1. The van der Waals surface area contributed by atoms with Crippen LogP contribution < -0.4 is 9.47 Å². The van der Waals surface area contributed by atoms with Gasteiger partial charge >= 0.3 is 0 Å². The van der Waals surface area contributed by atoms with E-state index in [0.717, 1.165) is 29.9 Å². The van der Waals surface area contributed by atoms with Crippen LogP contribution in [0.2, 0.25) is 0 Å². The molecule has 0 saturated heterocycles. The standard InChI is InChI=1S/C21H21NO3/c1-4-18(23)22-10-9-14-12-17(24-2)21(25-3)20-15-8-6-5-7-13(15)11-16(22)19(14)20/h4-8,12,16H,1,9-11H2,2-3H3/t16-/m1/s1. The fourth-order valence-electron chi connectivity index (χ4n) is 4.21. The first kappa shape index (κ1) is 15.8. The van der Waals surface area contributed by atoms with E-state index >= 15 is 0 Å². The maximum Gasteiger partial charge on any atom is 0.246 e. The second-order valence-electron chi connectivity index (χ2n) is 6.42. The number of benzene rings is 2. The van der Waals surface area contributed by atoms with E-state index in [-0.39, 0.29) is 11.9 Å². The molecule has 2 aliphatic rings. The van der Waals surface area contributed by atoms with Gasteiger partial charge in [0.15, 0.2) is 11.5 Å². The molecule has 128 valence electrons. The third kappa shape index (κ3) is 2.24. The van der Waals surface area contributed by atoms with Crippen LogP contribution in [0.25, 0.3) is 11.1 Å². The lowest BCUT2D eigenvalue weighted by Gasteiger charge is -2.42. The van der Waals surface area contributed by atoms with Crippen LogP contribution in [0, 0.1) is 0 Å². The number of methoxy groups -OCH3 is 2. The zero-order chi connectivity index (χ0) is 17.6. The van der Waals surface area contributed by atoms with E-state index in [4.69, 9.17) is 9.47 Å². The van der Waals surface area contributed by atoms with Crippen molar-refractivity contribution in [2.24, 2.45) is 0 Å². The third-order valence-corrected chi connectivity index (χ3v) is 5.28. The van der Waals surface area contributed by atoms with Gasteiger partial charge in [-0.25, -0.2) is 0 Å². The quantitative estimate of drug-likeness (QED) is 0.806. The molecule has 1 amide bonds. The Hall–Kier alpha value is -2.75. The summed E-state index contributed by atoms with van der Waals surface area (Å²) in [6.45, 7) is 4.36. The first-order valence-electron chi connectivity index (χ1n) is 8.48. The molecular formula is C21H21NO3. The summed E-state index contributed by atoms with van der Waals surface area (Å²) in [4.78, 5) is 14.4. The van der Waals surface area contributed by atoms with E-state index in [1.165, 1.54) is 28.3 Å². The van der Waals surface area contributed by atoms with Gasteiger partial charge < -0.3 is 14.4 Å². The van der Waals surface area contributed by atoms with Crippen molar-refractivity contribution in [3.05, 3.63) is 59.7 Å². The van der Waals surface area contributed by atoms with Crippen LogP contribution in [0.15, 0.2) is 43.0 Å². The smallest absolute Gasteiger partial charge is 0.246 e. The van der Waals surface area contributed by atoms with E-state index < -0.39 is 0 Å². The summed E-state index contributed by atoms with van der Waals surface area (Å²) < 4.78 is 11.3. The van der Waals surface area contributed by atoms with Crippen LogP contribution in [0.5, 0.6) is 11.5 Å². The zero-order valence-electron chi connectivity index (χ0n) is 14.5. The van der Waals surface area contributed by atoms with Gasteiger partial charge in [0.2, 0.25) is 5.91 Å². The molecule has 0 saturated carbocycles. The maximum absolute atomic E-state index is 12.4. The summed E-state index contributed by atoms with van der Waals surface area (Å²) >= 11 is 0. The molecule has 1 aliphatic carbocycles. The molecule has 0 bridgehead atoms. The Bertz CT molecular complexity index is 872. The van der Waals surface area contributed by atoms with Crippen molar-refractivity contribution in [3.63, 3.8) is 0 Å². The predicted molar refractivity (Wildman–Crippen MR) is 97.0 cm³/mol. The Kier molecular flexibility index (Phi) is 3.75. The summed E-state index contributed by atoms with van der Waals surface area (Å²) in [5.41, 5.74) is 5.88. The van der Waals surface area contributed by atoms with Crippen LogP contribution >= 0.6 is 0 Å². The summed E-state index contributed by atoms with van der Waals surface area (Å²) in [6.07, 6.45) is 3.03. The normalized spacial score (nSPS) is 17.4. The number of carbonyl (C=O) groups excluding carboxylic acids is 1. The van der Waals surface area contributed by atoms with Crippen molar-refractivity contribution in [1.29, 1.82) is 0 Å². The van der Waals surface area contributed by atoms with Crippen molar-refractivity contribution < 1.29 is 14.3 Å². The van der Waals surface area contributed by atoms with Crippen LogP contribution in [0.4, 0.5) is 0 Å². The number of carbonyl (C=O) groups is 1. The van der Waals surface area contributed by atoms with E-state index in [0.29, 0.717) is 6.54 Å². The van der Waals surface area contributed by atoms with Gasteiger partial charge in [-0.15, -0.1) is 0 Å². The molecule has 0 radical (unpaired) electrons. The highest BCUT2D eigenvalue weighted by Crippen LogP contribution is 2.52. The number of hydrogen-bond acceptors (Lipinski definition) is 3. The number of amides is 1. The second kappa shape index (κ2) is 5.96. The average Bonchev–Trinajstić information content (AvgIpc) is 2.66. The number of fused-ring (bicyclic) bond motifs is 2. The molecule has 4 heteroatoms. The average molecular weight is 335 g/mol. The van der Waals surface area contributed by atoms with Gasteiger partial charge in [-0.3, -0.25) is 4.79 Å². The summed E-state index contributed by atoms with van der Waals surface area (Å²) in [7, 11) is 3.34. The predicted octanol–water partition coefficient (Wildman–Crippen LogP) is 3.54. The number of rotatable bonds is 3. The van der Waals surface area contributed by atoms with Crippen LogP contribution in [-0.2, 0) is 17.6 Å². The summed E-state index contributed by atoms with van der Waals surface area (Å²) in [5, 5.41) is 0. The molecule has 4 rings (SSSR count). The highest BCUT2D eigenvalue weighted by atomic mass is 16.5. The van der Waals surface area contributed by atoms with Gasteiger partial charge in [0, 0.05) is 12.1 Å². The zero-order valence-corrected chi connectivity index (χ0v) is 14.5. The molecular weight excluding hydrogens is 314 g/mol. The molecule has 0 spiro atoms. The topological polar surface area (TPSA) is 38.8 Å². The van der Waals surface area contributed by atoms with Crippen LogP contribution in [-0.4, -0.2) is 31.6 Å². The monoisotopic (exact) mass is 335 g/mol. The minimum Gasteiger partial charge on any atom is -0.493 e. The molecule has 2 aromatic rings. The van der Waals surface area contributed by atoms with Crippen LogP contribution in [0.3, 0.4) is 0 Å². The molecule has 1 atom stereocenters. The van der Waals surface area contributed by atoms with E-state index in [1.807, 2.05) is 17.0 Å². The Morgan fingerprint density at radius 1 is 1.24 bits per heavy atom. The lowest BCUT2D eigenvalue weighted by atomic mass is 9.76. The van der Waals surface area contributed by atoms with Crippen molar-refractivity contribution in [1.82, 2.24) is 4.90 Å².